The molecule has 0 aliphatic rings. The first-order chi connectivity index (χ1) is 44.5. The van der Waals surface area contributed by atoms with Crippen molar-refractivity contribution in [2.24, 2.45) is 0 Å². The molecular formula is C71H70BrClN4O14SSi. The van der Waals surface area contributed by atoms with Crippen LogP contribution in [0.2, 0.25) is 23.2 Å². The lowest BCUT2D eigenvalue weighted by molar-refractivity contribution is -0.145. The Morgan fingerprint density at radius 1 is 0.699 bits per heavy atom. The Morgan fingerprint density at radius 2 is 1.33 bits per heavy atom. The molecule has 1 unspecified atom stereocenters. The van der Waals surface area contributed by atoms with E-state index in [0.717, 1.165) is 22.3 Å². The summed E-state index contributed by atoms with van der Waals surface area (Å²) in [5.74, 6) is 1.96. The van der Waals surface area contributed by atoms with Crippen molar-refractivity contribution in [3.8, 4) is 62.9 Å². The van der Waals surface area contributed by atoms with Crippen LogP contribution < -0.4 is 32.8 Å². The quantitative estimate of drug-likeness (QED) is 0.0287. The number of para-hydroxylation sites is 1. The Bertz CT molecular complexity index is 4340. The molecule has 10 rings (SSSR count). The molecule has 3 heterocycles. The van der Waals surface area contributed by atoms with Crippen LogP contribution in [0.1, 0.15) is 59.8 Å². The molecule has 7 aromatic carbocycles. The summed E-state index contributed by atoms with van der Waals surface area (Å²) < 4.78 is 90.5. The number of halogens is 2. The average molecular weight is 1380 g/mol. The van der Waals surface area contributed by atoms with Gasteiger partial charge in [-0.25, -0.2) is 24.7 Å². The topological polar surface area (TPSA) is 219 Å². The summed E-state index contributed by atoms with van der Waals surface area (Å²) in [4.78, 5) is 31.7. The Kier molecular flexibility index (Phi) is 20.6. The second-order valence-electron chi connectivity index (χ2n) is 23.4. The van der Waals surface area contributed by atoms with Crippen LogP contribution in [0.5, 0.6) is 40.4 Å². The van der Waals surface area contributed by atoms with Gasteiger partial charge in [0.2, 0.25) is 26.0 Å². The molecule has 2 atom stereocenters. The monoisotopic (exact) mass is 1380 g/mol. The van der Waals surface area contributed by atoms with Crippen molar-refractivity contribution in [2.75, 3.05) is 34.5 Å². The summed E-state index contributed by atoms with van der Waals surface area (Å²) >= 11 is 11.0. The van der Waals surface area contributed by atoms with E-state index in [9.17, 15) is 18.3 Å². The molecule has 0 aliphatic carbocycles. The van der Waals surface area contributed by atoms with Crippen LogP contribution in [0.15, 0.2) is 190 Å². The number of furan rings is 1. The number of benzene rings is 7. The van der Waals surface area contributed by atoms with Gasteiger partial charge in [0, 0.05) is 18.2 Å². The van der Waals surface area contributed by atoms with E-state index >= 15 is 0 Å². The molecule has 18 nitrogen and oxygen atoms in total. The van der Waals surface area contributed by atoms with Crippen LogP contribution in [-0.4, -0.2) is 94.5 Å². The van der Waals surface area contributed by atoms with Gasteiger partial charge in [-0.1, -0.05) is 123 Å². The smallest absolute Gasteiger partial charge is 0.345 e. The molecule has 0 saturated heterocycles. The van der Waals surface area contributed by atoms with Crippen molar-refractivity contribution in [1.82, 2.24) is 19.9 Å². The van der Waals surface area contributed by atoms with Crippen molar-refractivity contribution in [3.05, 3.63) is 225 Å². The van der Waals surface area contributed by atoms with Crippen molar-refractivity contribution < 1.29 is 64.5 Å². The number of aromatic nitrogens is 4. The van der Waals surface area contributed by atoms with Crippen LogP contribution in [0.3, 0.4) is 0 Å². The minimum Gasteiger partial charge on any atom is -0.543 e. The summed E-state index contributed by atoms with van der Waals surface area (Å²) in [5, 5.41) is 11.3. The molecule has 0 fully saturated rings. The van der Waals surface area contributed by atoms with Gasteiger partial charge in [-0.05, 0) is 155 Å². The lowest BCUT2D eigenvalue weighted by atomic mass is 9.80. The highest BCUT2D eigenvalue weighted by Gasteiger charge is 2.41. The first-order valence-corrected chi connectivity index (χ1v) is 35.1. The fourth-order valence-electron chi connectivity index (χ4n) is 10.2. The third-order valence-electron chi connectivity index (χ3n) is 16.3. The van der Waals surface area contributed by atoms with Crippen molar-refractivity contribution in [2.45, 2.75) is 88.5 Å². The maximum Gasteiger partial charge on any atom is 0.345 e. The molecule has 0 saturated carbocycles. The molecule has 3 aromatic heterocycles. The molecular weight excluding hydrogens is 1310 g/mol. The van der Waals surface area contributed by atoms with E-state index in [-0.39, 0.29) is 62.0 Å². The number of ether oxygens (including phenoxy) is 7. The van der Waals surface area contributed by atoms with Gasteiger partial charge in [0.1, 0.15) is 71.1 Å². The zero-order valence-corrected chi connectivity index (χ0v) is 57.1. The van der Waals surface area contributed by atoms with E-state index in [1.54, 1.807) is 76.9 Å². The number of rotatable bonds is 27. The summed E-state index contributed by atoms with van der Waals surface area (Å²) in [7, 11) is -1.97. The van der Waals surface area contributed by atoms with Gasteiger partial charge < -0.3 is 47.1 Å². The van der Waals surface area contributed by atoms with E-state index < -0.39 is 48.8 Å². The highest BCUT2D eigenvalue weighted by molar-refractivity contribution is 9.10. The predicted molar refractivity (Wildman–Crippen MR) is 360 cm³/mol. The summed E-state index contributed by atoms with van der Waals surface area (Å²) in [6, 6.07) is 48.8. The van der Waals surface area contributed by atoms with Gasteiger partial charge in [0.05, 0.1) is 54.7 Å². The number of aryl methyl sites for hydroxylation is 1. The maximum atomic E-state index is 13.9. The second kappa shape index (κ2) is 28.6. The number of hydrogen-bond acceptors (Lipinski definition) is 17. The maximum absolute atomic E-state index is 13.9. The van der Waals surface area contributed by atoms with Crippen molar-refractivity contribution >= 4 is 63.0 Å². The van der Waals surface area contributed by atoms with Crippen LogP contribution in [0, 0.1) is 13.8 Å². The molecule has 10 aromatic rings. The number of carboxylic acids is 1. The Balaban J connectivity index is 0.985. The molecule has 0 spiro atoms. The molecule has 93 heavy (non-hydrogen) atoms. The Labute approximate surface area is 555 Å². The van der Waals surface area contributed by atoms with Gasteiger partial charge in [-0.15, -0.1) is 0 Å². The van der Waals surface area contributed by atoms with Crippen LogP contribution in [0.4, 0.5) is 0 Å². The lowest BCUT2D eigenvalue weighted by Gasteiger charge is -2.37. The molecule has 0 amide bonds. The summed E-state index contributed by atoms with van der Waals surface area (Å²) in [5.41, 5.74) is 4.91. The Hall–Kier alpha value is -8.83. The zero-order valence-electron chi connectivity index (χ0n) is 52.9. The number of methoxy groups -OCH3 is 3. The predicted octanol–water partition coefficient (Wildman–Crippen LogP) is 15.6. The fourth-order valence-corrected chi connectivity index (χ4v) is 13.0. The number of nitrogens with zero attached hydrogens (tertiary/aromatic N) is 4. The number of carbonyl (C=O) groups is 1. The number of aliphatic carboxylic acids is 1. The molecule has 0 aliphatic heterocycles. The van der Waals surface area contributed by atoms with Crippen LogP contribution in [0.25, 0.3) is 33.6 Å². The first-order valence-electron chi connectivity index (χ1n) is 29.7. The van der Waals surface area contributed by atoms with Gasteiger partial charge >= 0.3 is 5.97 Å². The fraction of sp³-hybridized carbons (Fsp3) is 0.254. The summed E-state index contributed by atoms with van der Waals surface area (Å²) in [6.07, 6.45) is -0.0561. The molecule has 0 radical (unpaired) electrons. The second-order valence-corrected chi connectivity index (χ2v) is 30.8. The SMILES string of the molecule is COc1ccc(C(OC[C@H](COS(=O)(=O)c2ccc(C)cc2)Oc2ccc(-c3c(Br)oc4ncnc(OC(Cc5cc(O[Si](C)(C)C(C)(C)C)ccc5OCc5ccnc(-c6ccccc6OC)n5)C(=O)O)c34)c(C)c2Cl)(c2ccccc2)c2ccc(OC)cc2)cc1. The van der Waals surface area contributed by atoms with Crippen molar-refractivity contribution in [3.63, 3.8) is 0 Å². The molecule has 482 valence electrons. The van der Waals surface area contributed by atoms with E-state index in [1.807, 2.05) is 116 Å². The van der Waals surface area contributed by atoms with Gasteiger partial charge in [-0.3, -0.25) is 4.18 Å². The molecule has 0 bridgehead atoms. The third-order valence-corrected chi connectivity index (χ3v) is 23.0. The van der Waals surface area contributed by atoms with Gasteiger partial charge in [-0.2, -0.15) is 8.42 Å². The van der Waals surface area contributed by atoms with Crippen LogP contribution in [-0.2, 0) is 42.5 Å². The van der Waals surface area contributed by atoms with E-state index in [0.29, 0.717) is 68.1 Å². The minimum absolute atomic E-state index is 0.00561. The van der Waals surface area contributed by atoms with E-state index in [2.05, 4.69) is 64.7 Å². The first kappa shape index (κ1) is 67.1. The standard InChI is InChI=1S/C71H70BrClN4O14SSi/c1-44-20-31-55(32-21-44)92(80,81)87-42-54(41-86-71(47-16-12-11-13-17-47,48-22-26-51(82-6)27-23-48)49-24-28-52(83-7)29-25-49)88-60-35-33-56(45(2)64(60)73)62-63-67(75-43-76-68(63)90-65(62)72)89-61(69(78)79)39-46-38-53(91-93(9,10)70(3,4)5)30-34-58(46)85-40-50-36-37-74-66(77-50)57-18-14-15-19-59(57)84-8/h11-38,43,54,61H,39-42H2,1-10H3,(H,78,79)/t54-,61?/m1/s1. The largest absolute Gasteiger partial charge is 0.543 e. The normalized spacial score (nSPS) is 12.6. The van der Waals surface area contributed by atoms with E-state index in [4.69, 9.17) is 62.8 Å². The average Bonchev–Trinajstić information content (AvgIpc) is 1.71. The summed E-state index contributed by atoms with van der Waals surface area (Å²) in [6.45, 7) is 13.5. The third kappa shape index (κ3) is 15.0. The van der Waals surface area contributed by atoms with Gasteiger partial charge in [0.15, 0.2) is 10.5 Å². The number of hydrogen-bond donors (Lipinski definition) is 1. The lowest BCUT2D eigenvalue weighted by Crippen LogP contribution is -2.43. The van der Waals surface area contributed by atoms with Crippen molar-refractivity contribution in [1.29, 1.82) is 0 Å². The number of carboxylic acid groups (broad SMARTS) is 1. The molecule has 1 N–H and O–H groups in total. The number of fused-ring (bicyclic) bond motifs is 1. The highest BCUT2D eigenvalue weighted by atomic mass is 79.9. The Morgan fingerprint density at radius 3 is 1.98 bits per heavy atom. The zero-order chi connectivity index (χ0) is 66.2. The van der Waals surface area contributed by atoms with Gasteiger partial charge in [0.25, 0.3) is 10.1 Å². The molecule has 22 heteroatoms. The van der Waals surface area contributed by atoms with E-state index in [1.165, 1.54) is 18.5 Å². The van der Waals surface area contributed by atoms with Crippen LogP contribution >= 0.6 is 27.5 Å². The minimum atomic E-state index is -4.34. The highest BCUT2D eigenvalue weighted by Crippen LogP contribution is 2.47.